The predicted molar refractivity (Wildman–Crippen MR) is 46.1 cm³/mol. The number of nitrogens with one attached hydrogen (secondary N) is 1. The lowest BCUT2D eigenvalue weighted by atomic mass is 10.0. The van der Waals surface area contributed by atoms with E-state index in [1.807, 2.05) is 11.8 Å². The monoisotopic (exact) mass is 157 g/mol. The van der Waals surface area contributed by atoms with Crippen molar-refractivity contribution in [1.29, 1.82) is 0 Å². The van der Waals surface area contributed by atoms with Gasteiger partial charge in [-0.3, -0.25) is 0 Å². The minimum Gasteiger partial charge on any atom is -0.305 e. The highest BCUT2D eigenvalue weighted by molar-refractivity contribution is 7.99. The molecule has 1 saturated carbocycles. The molecule has 0 aromatic rings. The van der Waals surface area contributed by atoms with Crippen LogP contribution in [0.4, 0.5) is 0 Å². The molecule has 0 amide bonds. The molecule has 2 aliphatic rings. The van der Waals surface area contributed by atoms with Crippen LogP contribution in [-0.4, -0.2) is 18.2 Å². The van der Waals surface area contributed by atoms with Gasteiger partial charge in [0.25, 0.3) is 0 Å². The van der Waals surface area contributed by atoms with Crippen LogP contribution in [0.5, 0.6) is 0 Å². The van der Waals surface area contributed by atoms with Gasteiger partial charge in [0.05, 0.1) is 5.37 Å². The minimum atomic E-state index is 0.785. The third-order valence-corrected chi connectivity index (χ3v) is 3.97. The third-order valence-electron chi connectivity index (χ3n) is 2.94. The Labute approximate surface area is 67.0 Å². The van der Waals surface area contributed by atoms with Gasteiger partial charge in [-0.1, -0.05) is 6.42 Å². The average molecular weight is 157 g/mol. The molecule has 0 bridgehead atoms. The van der Waals surface area contributed by atoms with Crippen LogP contribution >= 0.6 is 11.8 Å². The number of hydrogen-bond acceptors (Lipinski definition) is 2. The summed E-state index contributed by atoms with van der Waals surface area (Å²) in [6, 6.07) is 0. The molecule has 0 aromatic carbocycles. The topological polar surface area (TPSA) is 12.0 Å². The Morgan fingerprint density at radius 1 is 1.40 bits per heavy atom. The molecule has 0 radical (unpaired) electrons. The van der Waals surface area contributed by atoms with Gasteiger partial charge in [-0.25, -0.2) is 0 Å². The van der Waals surface area contributed by atoms with Gasteiger partial charge in [-0.2, -0.15) is 0 Å². The molecule has 1 saturated heterocycles. The fourth-order valence-electron chi connectivity index (χ4n) is 2.39. The Bertz CT molecular complexity index is 126. The SMILES string of the molecule is CS[C@@H]1NCC2CCCC21. The maximum absolute atomic E-state index is 3.57. The lowest BCUT2D eigenvalue weighted by Gasteiger charge is -2.14. The third kappa shape index (κ3) is 0.978. The predicted octanol–water partition coefficient (Wildman–Crippen LogP) is 1.70. The van der Waals surface area contributed by atoms with E-state index in [-0.39, 0.29) is 0 Å². The summed E-state index contributed by atoms with van der Waals surface area (Å²) in [6.45, 7) is 1.29. The van der Waals surface area contributed by atoms with Crippen LogP contribution < -0.4 is 5.32 Å². The van der Waals surface area contributed by atoms with E-state index in [1.165, 1.54) is 25.8 Å². The second-order valence-electron chi connectivity index (χ2n) is 3.42. The zero-order chi connectivity index (χ0) is 6.97. The molecule has 1 heterocycles. The van der Waals surface area contributed by atoms with Gasteiger partial charge in [-0.15, -0.1) is 11.8 Å². The summed E-state index contributed by atoms with van der Waals surface area (Å²) in [6.07, 6.45) is 6.66. The number of thioether (sulfide) groups is 1. The van der Waals surface area contributed by atoms with Gasteiger partial charge in [-0.05, 0) is 37.5 Å². The maximum Gasteiger partial charge on any atom is 0.0561 e. The molecular formula is C8H15NS. The molecule has 10 heavy (non-hydrogen) atoms. The first-order chi connectivity index (χ1) is 4.92. The van der Waals surface area contributed by atoms with Crippen LogP contribution in [0, 0.1) is 11.8 Å². The van der Waals surface area contributed by atoms with Crippen LogP contribution in [-0.2, 0) is 0 Å². The fourth-order valence-corrected chi connectivity index (χ4v) is 3.37. The van der Waals surface area contributed by atoms with Crippen molar-refractivity contribution >= 4 is 11.8 Å². The minimum absolute atomic E-state index is 0.785. The maximum atomic E-state index is 3.57. The quantitative estimate of drug-likeness (QED) is 0.621. The molecule has 1 aliphatic heterocycles. The molecule has 0 spiro atoms. The smallest absolute Gasteiger partial charge is 0.0561 e. The van der Waals surface area contributed by atoms with E-state index in [0.29, 0.717) is 0 Å². The zero-order valence-corrected chi connectivity index (χ0v) is 7.29. The normalized spacial score (nSPS) is 45.9. The van der Waals surface area contributed by atoms with Gasteiger partial charge in [0.2, 0.25) is 0 Å². The molecule has 2 heteroatoms. The first kappa shape index (κ1) is 6.99. The van der Waals surface area contributed by atoms with Crippen LogP contribution in [0.15, 0.2) is 0 Å². The van der Waals surface area contributed by atoms with Crippen molar-refractivity contribution in [2.24, 2.45) is 11.8 Å². The highest BCUT2D eigenvalue weighted by Gasteiger charge is 2.38. The summed E-state index contributed by atoms with van der Waals surface area (Å²) in [5, 5.41) is 4.36. The molecule has 1 nitrogen and oxygen atoms in total. The Balaban J connectivity index is 2.01. The van der Waals surface area contributed by atoms with E-state index < -0.39 is 0 Å². The zero-order valence-electron chi connectivity index (χ0n) is 6.47. The summed E-state index contributed by atoms with van der Waals surface area (Å²) in [5.41, 5.74) is 0. The van der Waals surface area contributed by atoms with Crippen LogP contribution in [0.25, 0.3) is 0 Å². The molecule has 1 aliphatic carbocycles. The van der Waals surface area contributed by atoms with Gasteiger partial charge in [0.15, 0.2) is 0 Å². The number of rotatable bonds is 1. The van der Waals surface area contributed by atoms with Gasteiger partial charge in [0.1, 0.15) is 0 Å². The lowest BCUT2D eigenvalue weighted by molar-refractivity contribution is 0.480. The highest BCUT2D eigenvalue weighted by atomic mass is 32.2. The summed E-state index contributed by atoms with van der Waals surface area (Å²) in [7, 11) is 0. The van der Waals surface area contributed by atoms with E-state index in [0.717, 1.165) is 17.2 Å². The molecule has 0 aromatic heterocycles. The van der Waals surface area contributed by atoms with Gasteiger partial charge >= 0.3 is 0 Å². The molecule has 1 N–H and O–H groups in total. The lowest BCUT2D eigenvalue weighted by Crippen LogP contribution is -2.22. The first-order valence-electron chi connectivity index (χ1n) is 4.18. The van der Waals surface area contributed by atoms with Crippen LogP contribution in [0.1, 0.15) is 19.3 Å². The van der Waals surface area contributed by atoms with Crippen molar-refractivity contribution in [2.75, 3.05) is 12.8 Å². The Morgan fingerprint density at radius 2 is 2.30 bits per heavy atom. The molecule has 2 unspecified atom stereocenters. The van der Waals surface area contributed by atoms with Crippen molar-refractivity contribution < 1.29 is 0 Å². The van der Waals surface area contributed by atoms with Crippen LogP contribution in [0.3, 0.4) is 0 Å². The molecular weight excluding hydrogens is 142 g/mol. The summed E-state index contributed by atoms with van der Waals surface area (Å²) < 4.78 is 0. The Kier molecular flexibility index (Phi) is 1.92. The fraction of sp³-hybridized carbons (Fsp3) is 1.00. The summed E-state index contributed by atoms with van der Waals surface area (Å²) in [4.78, 5) is 0. The van der Waals surface area contributed by atoms with Gasteiger partial charge in [0, 0.05) is 0 Å². The van der Waals surface area contributed by atoms with Crippen molar-refractivity contribution in [1.82, 2.24) is 5.32 Å². The Morgan fingerprint density at radius 3 is 3.10 bits per heavy atom. The molecule has 3 atom stereocenters. The number of fused-ring (bicyclic) bond motifs is 1. The van der Waals surface area contributed by atoms with Crippen molar-refractivity contribution in [3.63, 3.8) is 0 Å². The van der Waals surface area contributed by atoms with Crippen molar-refractivity contribution in [2.45, 2.75) is 24.6 Å². The second kappa shape index (κ2) is 2.74. The standard InChI is InChI=1S/C8H15NS/c1-10-8-7-4-2-3-6(7)5-9-8/h6-9H,2-5H2,1H3/t6?,7?,8-/m0/s1. The van der Waals surface area contributed by atoms with E-state index in [2.05, 4.69) is 11.6 Å². The number of hydrogen-bond donors (Lipinski definition) is 1. The van der Waals surface area contributed by atoms with E-state index in [4.69, 9.17) is 0 Å². The van der Waals surface area contributed by atoms with E-state index in [9.17, 15) is 0 Å². The van der Waals surface area contributed by atoms with Crippen molar-refractivity contribution in [3.05, 3.63) is 0 Å². The average Bonchev–Trinajstić information content (AvgIpc) is 2.44. The highest BCUT2D eigenvalue weighted by Crippen LogP contribution is 2.40. The molecule has 2 rings (SSSR count). The summed E-state index contributed by atoms with van der Waals surface area (Å²) in [5.74, 6) is 2.03. The largest absolute Gasteiger partial charge is 0.305 e. The van der Waals surface area contributed by atoms with E-state index >= 15 is 0 Å². The van der Waals surface area contributed by atoms with Crippen molar-refractivity contribution in [3.8, 4) is 0 Å². The van der Waals surface area contributed by atoms with Gasteiger partial charge < -0.3 is 5.32 Å². The van der Waals surface area contributed by atoms with E-state index in [1.54, 1.807) is 0 Å². The molecule has 2 fully saturated rings. The Hall–Kier alpha value is 0.310. The second-order valence-corrected chi connectivity index (χ2v) is 4.40. The first-order valence-corrected chi connectivity index (χ1v) is 5.47. The van der Waals surface area contributed by atoms with Crippen LogP contribution in [0.2, 0.25) is 0 Å². The summed E-state index contributed by atoms with van der Waals surface area (Å²) >= 11 is 2.00. The molecule has 58 valence electrons.